The van der Waals surface area contributed by atoms with Crippen LogP contribution in [0.2, 0.25) is 0 Å². The predicted octanol–water partition coefficient (Wildman–Crippen LogP) is 4.60. The second-order valence-corrected chi connectivity index (χ2v) is 8.26. The van der Waals surface area contributed by atoms with Crippen molar-refractivity contribution in [2.45, 2.75) is 39.7 Å². The van der Waals surface area contributed by atoms with Crippen molar-refractivity contribution in [3.8, 4) is 16.9 Å². The van der Waals surface area contributed by atoms with E-state index >= 15 is 0 Å². The maximum Gasteiger partial charge on any atom is 0.263 e. The van der Waals surface area contributed by atoms with Crippen LogP contribution in [-0.2, 0) is 13.0 Å². The van der Waals surface area contributed by atoms with Crippen molar-refractivity contribution in [3.63, 3.8) is 0 Å². The lowest BCUT2D eigenvalue weighted by Gasteiger charge is -2.13. The molecule has 160 valence electrons. The van der Waals surface area contributed by atoms with Crippen molar-refractivity contribution < 1.29 is 4.74 Å². The molecular formula is C24H25N3O3S. The number of ether oxygens (including phenoxy) is 1. The first-order valence-corrected chi connectivity index (χ1v) is 11.4. The molecule has 0 aliphatic carbocycles. The van der Waals surface area contributed by atoms with Gasteiger partial charge in [0, 0.05) is 35.3 Å². The van der Waals surface area contributed by atoms with Crippen LogP contribution in [0.1, 0.15) is 38.2 Å². The normalized spacial score (nSPS) is 11.2. The molecule has 1 aromatic carbocycles. The van der Waals surface area contributed by atoms with E-state index in [9.17, 15) is 9.59 Å². The molecule has 0 radical (unpaired) electrons. The summed E-state index contributed by atoms with van der Waals surface area (Å²) in [5.41, 5.74) is 2.26. The number of nitrogens with zero attached hydrogens (tertiary/aromatic N) is 2. The number of hydrogen-bond acceptors (Lipinski definition) is 5. The maximum atomic E-state index is 13.6. The Morgan fingerprint density at radius 3 is 2.65 bits per heavy atom. The zero-order chi connectivity index (χ0) is 21.8. The number of aromatic amines is 1. The van der Waals surface area contributed by atoms with E-state index in [2.05, 4.69) is 11.9 Å². The average molecular weight is 436 g/mol. The highest BCUT2D eigenvalue weighted by Crippen LogP contribution is 2.31. The van der Waals surface area contributed by atoms with Gasteiger partial charge in [0.25, 0.3) is 5.56 Å². The molecule has 4 aromatic rings. The molecule has 0 unspecified atom stereocenters. The molecule has 0 saturated heterocycles. The molecule has 7 heteroatoms. The molecule has 0 aliphatic heterocycles. The first kappa shape index (κ1) is 21.1. The number of aromatic nitrogens is 3. The highest BCUT2D eigenvalue weighted by molar-refractivity contribution is 7.17. The van der Waals surface area contributed by atoms with E-state index in [1.165, 1.54) is 17.4 Å². The zero-order valence-electron chi connectivity index (χ0n) is 17.7. The summed E-state index contributed by atoms with van der Waals surface area (Å²) in [6.45, 7) is 4.79. The highest BCUT2D eigenvalue weighted by Gasteiger charge is 2.17. The number of aryl methyl sites for hydroxylation is 1. The van der Waals surface area contributed by atoms with Crippen LogP contribution in [0.3, 0.4) is 0 Å². The van der Waals surface area contributed by atoms with Crippen LogP contribution in [0, 0.1) is 0 Å². The summed E-state index contributed by atoms with van der Waals surface area (Å²) in [6, 6.07) is 11.4. The number of rotatable bonds is 8. The first-order valence-electron chi connectivity index (χ1n) is 10.5. The quantitative estimate of drug-likeness (QED) is 0.439. The van der Waals surface area contributed by atoms with Gasteiger partial charge in [-0.1, -0.05) is 44.2 Å². The summed E-state index contributed by atoms with van der Waals surface area (Å²) in [7, 11) is 0. The van der Waals surface area contributed by atoms with Gasteiger partial charge in [0.05, 0.1) is 18.5 Å². The van der Waals surface area contributed by atoms with Gasteiger partial charge in [-0.25, -0.2) is 4.98 Å². The first-order chi connectivity index (χ1) is 15.1. The molecule has 1 N–H and O–H groups in total. The van der Waals surface area contributed by atoms with E-state index in [-0.39, 0.29) is 17.5 Å². The molecule has 31 heavy (non-hydrogen) atoms. The van der Waals surface area contributed by atoms with Crippen LogP contribution >= 0.6 is 11.3 Å². The van der Waals surface area contributed by atoms with Crippen molar-refractivity contribution in [1.29, 1.82) is 0 Å². The van der Waals surface area contributed by atoms with Gasteiger partial charge >= 0.3 is 0 Å². The number of H-pyrrole nitrogens is 1. The zero-order valence-corrected chi connectivity index (χ0v) is 18.5. The second kappa shape index (κ2) is 9.31. The Hall–Kier alpha value is -3.19. The van der Waals surface area contributed by atoms with Crippen LogP contribution in [0.25, 0.3) is 21.3 Å². The van der Waals surface area contributed by atoms with Gasteiger partial charge in [0.2, 0.25) is 5.43 Å². The summed E-state index contributed by atoms with van der Waals surface area (Å²) in [5, 5.41) is 2.62. The number of benzene rings is 1. The monoisotopic (exact) mass is 435 g/mol. The molecule has 3 heterocycles. The summed E-state index contributed by atoms with van der Waals surface area (Å²) in [4.78, 5) is 34.7. The third-order valence-electron chi connectivity index (χ3n) is 5.06. The average Bonchev–Trinajstić information content (AvgIpc) is 3.21. The molecular weight excluding hydrogens is 410 g/mol. The lowest BCUT2D eigenvalue weighted by Crippen LogP contribution is -2.26. The number of thiophene rings is 1. The van der Waals surface area contributed by atoms with Crippen LogP contribution < -0.4 is 15.7 Å². The van der Waals surface area contributed by atoms with Crippen LogP contribution in [-0.4, -0.2) is 21.1 Å². The fraction of sp³-hybridized carbons (Fsp3) is 0.292. The van der Waals surface area contributed by atoms with Gasteiger partial charge in [-0.05, 0) is 18.4 Å². The molecule has 0 aliphatic rings. The van der Waals surface area contributed by atoms with E-state index in [0.717, 1.165) is 34.6 Å². The highest BCUT2D eigenvalue weighted by atomic mass is 32.1. The van der Waals surface area contributed by atoms with Gasteiger partial charge in [-0.3, -0.25) is 14.2 Å². The van der Waals surface area contributed by atoms with Crippen molar-refractivity contribution in [2.24, 2.45) is 0 Å². The standard InChI is InChI=1S/C24H25N3O3S/c1-3-8-21-26-23-22(18(15-31-23)16-9-6-5-7-10-16)24(29)27(21)14-17-12-19(28)20(13-25-17)30-11-4-2/h5-7,9-10,12-13,15H,3-4,8,11,14H2,1-2H3,(H,25,28). The Kier molecular flexibility index (Phi) is 6.32. The van der Waals surface area contributed by atoms with Crippen LogP contribution in [0.5, 0.6) is 5.75 Å². The van der Waals surface area contributed by atoms with E-state index in [0.29, 0.717) is 29.9 Å². The predicted molar refractivity (Wildman–Crippen MR) is 125 cm³/mol. The molecule has 0 saturated carbocycles. The van der Waals surface area contributed by atoms with Crippen LogP contribution in [0.15, 0.2) is 57.6 Å². The van der Waals surface area contributed by atoms with Crippen LogP contribution in [0.4, 0.5) is 0 Å². The van der Waals surface area contributed by atoms with Gasteiger partial charge in [0.15, 0.2) is 5.75 Å². The fourth-order valence-corrected chi connectivity index (χ4v) is 4.52. The van der Waals surface area contributed by atoms with Gasteiger partial charge in [0.1, 0.15) is 10.7 Å². The van der Waals surface area contributed by atoms with Crippen molar-refractivity contribution >= 4 is 21.6 Å². The minimum Gasteiger partial charge on any atom is -0.488 e. The van der Waals surface area contributed by atoms with Gasteiger partial charge in [-0.15, -0.1) is 11.3 Å². The Labute approximate surface area is 184 Å². The minimum absolute atomic E-state index is 0.0827. The molecule has 6 nitrogen and oxygen atoms in total. The molecule has 0 bridgehead atoms. The van der Waals surface area contributed by atoms with E-state index in [1.54, 1.807) is 10.8 Å². The number of hydrogen-bond donors (Lipinski definition) is 1. The van der Waals surface area contributed by atoms with E-state index in [1.807, 2.05) is 42.6 Å². The van der Waals surface area contributed by atoms with Gasteiger partial charge < -0.3 is 9.72 Å². The smallest absolute Gasteiger partial charge is 0.263 e. The SMILES string of the molecule is CCCOc1c[nH]c(Cn2c(CCC)nc3scc(-c4ccccc4)c3c2=O)cc1=O. The Morgan fingerprint density at radius 1 is 1.13 bits per heavy atom. The lowest BCUT2D eigenvalue weighted by atomic mass is 10.1. The van der Waals surface area contributed by atoms with E-state index < -0.39 is 0 Å². The molecule has 0 spiro atoms. The summed E-state index contributed by atoms with van der Waals surface area (Å²) >= 11 is 1.49. The van der Waals surface area contributed by atoms with Gasteiger partial charge in [-0.2, -0.15) is 0 Å². The number of pyridine rings is 1. The second-order valence-electron chi connectivity index (χ2n) is 7.40. The summed E-state index contributed by atoms with van der Waals surface area (Å²) in [5.74, 6) is 1.03. The number of nitrogens with one attached hydrogen (secondary N) is 1. The Bertz CT molecular complexity index is 1310. The third-order valence-corrected chi connectivity index (χ3v) is 5.93. The summed E-state index contributed by atoms with van der Waals surface area (Å²) < 4.78 is 7.15. The van der Waals surface area contributed by atoms with Crippen molar-refractivity contribution in [1.82, 2.24) is 14.5 Å². The summed E-state index contributed by atoms with van der Waals surface area (Å²) in [6.07, 6.45) is 3.96. The maximum absolute atomic E-state index is 13.6. The largest absolute Gasteiger partial charge is 0.488 e. The third kappa shape index (κ3) is 4.32. The molecule has 0 atom stereocenters. The van der Waals surface area contributed by atoms with E-state index in [4.69, 9.17) is 9.72 Å². The molecule has 0 amide bonds. The van der Waals surface area contributed by atoms with Crippen molar-refractivity contribution in [2.75, 3.05) is 6.61 Å². The topological polar surface area (TPSA) is 77.0 Å². The Balaban J connectivity index is 1.80. The fourth-order valence-electron chi connectivity index (χ4n) is 3.56. The molecule has 0 fully saturated rings. The lowest BCUT2D eigenvalue weighted by molar-refractivity contribution is 0.313. The van der Waals surface area contributed by atoms with Crippen molar-refractivity contribution in [3.05, 3.63) is 80.1 Å². The molecule has 4 rings (SSSR count). The number of fused-ring (bicyclic) bond motifs is 1. The Morgan fingerprint density at radius 2 is 1.94 bits per heavy atom. The molecule has 3 aromatic heterocycles. The minimum atomic E-state index is -0.193.